The van der Waals surface area contributed by atoms with Crippen LogP contribution in [0.15, 0.2) is 66.7 Å². The molecule has 0 radical (unpaired) electrons. The minimum atomic E-state index is -1.17. The highest BCUT2D eigenvalue weighted by atomic mass is 19.1. The number of carbonyl (C=O) groups excluding carboxylic acids is 4. The number of benzene rings is 3. The Bertz CT molecular complexity index is 1890. The predicted octanol–water partition coefficient (Wildman–Crippen LogP) is 4.20. The molecule has 0 aliphatic carbocycles. The van der Waals surface area contributed by atoms with E-state index in [9.17, 15) is 28.0 Å². The lowest BCUT2D eigenvalue weighted by Crippen LogP contribution is -2.55. The molecule has 3 atom stereocenters. The fourth-order valence-corrected chi connectivity index (χ4v) is 7.34. The zero-order valence-electron chi connectivity index (χ0n) is 25.0. The van der Waals surface area contributed by atoms with Gasteiger partial charge in [0.2, 0.25) is 17.7 Å². The first-order valence-corrected chi connectivity index (χ1v) is 15.5. The van der Waals surface area contributed by atoms with Crippen molar-refractivity contribution in [3.63, 3.8) is 0 Å². The summed E-state index contributed by atoms with van der Waals surface area (Å²) in [7, 11) is 0. The Balaban J connectivity index is 1.34. The maximum atomic E-state index is 14.8. The third kappa shape index (κ3) is 4.99. The molecule has 1 fully saturated rings. The highest BCUT2D eigenvalue weighted by Crippen LogP contribution is 2.47. The van der Waals surface area contributed by atoms with Crippen molar-refractivity contribution in [3.05, 3.63) is 101 Å². The molecule has 236 valence electrons. The number of hydrogen-bond donors (Lipinski definition) is 3. The summed E-state index contributed by atoms with van der Waals surface area (Å²) in [4.78, 5) is 61.4. The minimum absolute atomic E-state index is 0.00520. The number of hydrogen-bond acceptors (Lipinski definition) is 4. The number of rotatable bonds is 4. The second kappa shape index (κ2) is 11.4. The van der Waals surface area contributed by atoms with Crippen LogP contribution >= 0.6 is 0 Å². The van der Waals surface area contributed by atoms with Crippen LogP contribution in [-0.4, -0.2) is 63.6 Å². The highest BCUT2D eigenvalue weighted by molar-refractivity contribution is 6.08. The van der Waals surface area contributed by atoms with Crippen LogP contribution in [0.3, 0.4) is 0 Å². The van der Waals surface area contributed by atoms with Crippen LogP contribution in [-0.2, 0) is 32.6 Å². The summed E-state index contributed by atoms with van der Waals surface area (Å²) in [5.74, 6) is -3.71. The first kappa shape index (κ1) is 29.6. The number of anilines is 1. The molecule has 1 saturated heterocycles. The monoisotopic (exact) mass is 625 g/mol. The van der Waals surface area contributed by atoms with E-state index in [0.29, 0.717) is 12.1 Å². The Labute approximate surface area is 263 Å². The highest BCUT2D eigenvalue weighted by Gasteiger charge is 2.58. The maximum Gasteiger partial charge on any atom is 0.270 e. The molecule has 4 aromatic rings. The molecule has 1 spiro atoms. The first-order chi connectivity index (χ1) is 22.1. The molecular weight excluding hydrogens is 592 g/mol. The van der Waals surface area contributed by atoms with E-state index in [-0.39, 0.29) is 48.4 Å². The molecule has 0 saturated carbocycles. The molecule has 0 unspecified atom stereocenters. The topological polar surface area (TPSA) is 129 Å². The number of aromatic amines is 1. The number of amides is 4. The third-order valence-electron chi connectivity index (χ3n) is 9.69. The van der Waals surface area contributed by atoms with Crippen molar-refractivity contribution in [3.8, 4) is 0 Å². The molecule has 11 heteroatoms. The van der Waals surface area contributed by atoms with Crippen molar-refractivity contribution in [1.82, 2.24) is 14.8 Å². The van der Waals surface area contributed by atoms with Crippen molar-refractivity contribution in [2.24, 2.45) is 5.73 Å². The Hall–Kier alpha value is -5.06. The van der Waals surface area contributed by atoms with Gasteiger partial charge in [-0.3, -0.25) is 19.2 Å². The maximum absolute atomic E-state index is 14.8. The quantitative estimate of drug-likeness (QED) is 0.314. The standard InChI is InChI=1S/C35H33F2N5O4/c36-22-15-25(37)23-17-28(39-27(23)16-22)32(44)41-12-6-2-5-9-21-10-11-26-24(13-21)35(34(46)40-26)18-30(31(38)43)42(19-35)33(45)29(41)14-20-7-3-1-4-8-20/h1,3-4,7-8,10-11,13,15-17,29-30,39H,2,5-6,9,12,14,18-19H2,(H2,38,43)(H,40,46)/t29-,30-,35-/m0/s1. The zero-order valence-corrected chi connectivity index (χ0v) is 25.0. The Morgan fingerprint density at radius 1 is 0.978 bits per heavy atom. The Kier molecular flexibility index (Phi) is 7.33. The van der Waals surface area contributed by atoms with E-state index in [1.54, 1.807) is 0 Å². The predicted molar refractivity (Wildman–Crippen MR) is 167 cm³/mol. The zero-order chi connectivity index (χ0) is 32.2. The second-order valence-electron chi connectivity index (χ2n) is 12.6. The lowest BCUT2D eigenvalue weighted by atomic mass is 9.78. The summed E-state index contributed by atoms with van der Waals surface area (Å²) in [6.07, 6.45) is 3.01. The lowest BCUT2D eigenvalue weighted by Gasteiger charge is -2.35. The fraction of sp³-hybridized carbons (Fsp3) is 0.314. The molecular formula is C35H33F2N5O4. The van der Waals surface area contributed by atoms with Gasteiger partial charge in [-0.25, -0.2) is 8.78 Å². The van der Waals surface area contributed by atoms with Gasteiger partial charge in [0.05, 0.1) is 10.9 Å². The second-order valence-corrected chi connectivity index (χ2v) is 12.6. The van der Waals surface area contributed by atoms with Crippen LogP contribution < -0.4 is 11.1 Å². The summed E-state index contributed by atoms with van der Waals surface area (Å²) in [5, 5.41) is 3.00. The van der Waals surface area contributed by atoms with Crippen LogP contribution in [0.4, 0.5) is 14.5 Å². The molecule has 7 rings (SSSR count). The van der Waals surface area contributed by atoms with Gasteiger partial charge >= 0.3 is 0 Å². The van der Waals surface area contributed by atoms with E-state index in [1.165, 1.54) is 15.9 Å². The largest absolute Gasteiger partial charge is 0.368 e. The van der Waals surface area contributed by atoms with Gasteiger partial charge in [0.15, 0.2) is 0 Å². The summed E-state index contributed by atoms with van der Waals surface area (Å²) in [6.45, 7) is 0.116. The van der Waals surface area contributed by atoms with Crippen LogP contribution in [0.2, 0.25) is 0 Å². The number of carbonyl (C=O) groups is 4. The van der Waals surface area contributed by atoms with E-state index < -0.39 is 46.9 Å². The first-order valence-electron chi connectivity index (χ1n) is 15.5. The van der Waals surface area contributed by atoms with Crippen molar-refractivity contribution < 1.29 is 28.0 Å². The van der Waals surface area contributed by atoms with E-state index >= 15 is 0 Å². The van der Waals surface area contributed by atoms with E-state index in [4.69, 9.17) is 5.73 Å². The summed E-state index contributed by atoms with van der Waals surface area (Å²) in [6, 6.07) is 16.1. The number of halogens is 2. The van der Waals surface area contributed by atoms with E-state index in [1.807, 2.05) is 48.5 Å². The van der Waals surface area contributed by atoms with Crippen molar-refractivity contribution in [1.29, 1.82) is 0 Å². The van der Waals surface area contributed by atoms with Crippen molar-refractivity contribution >= 4 is 40.2 Å². The number of nitrogens with one attached hydrogen (secondary N) is 2. The van der Waals surface area contributed by atoms with Crippen LogP contribution in [0.5, 0.6) is 0 Å². The number of aryl methyl sites for hydroxylation is 1. The van der Waals surface area contributed by atoms with E-state index in [0.717, 1.165) is 48.1 Å². The van der Waals surface area contributed by atoms with Crippen molar-refractivity contribution in [2.75, 3.05) is 18.4 Å². The molecule has 1 aromatic heterocycles. The number of nitrogens with zero attached hydrogens (tertiary/aromatic N) is 2. The van der Waals surface area contributed by atoms with Gasteiger partial charge < -0.3 is 25.8 Å². The number of aromatic nitrogens is 1. The molecule has 9 nitrogen and oxygen atoms in total. The third-order valence-corrected chi connectivity index (χ3v) is 9.69. The van der Waals surface area contributed by atoms with Crippen LogP contribution in [0, 0.1) is 11.6 Å². The van der Waals surface area contributed by atoms with Gasteiger partial charge in [0.25, 0.3) is 5.91 Å². The average molecular weight is 626 g/mol. The fourth-order valence-electron chi connectivity index (χ4n) is 7.34. The summed E-state index contributed by atoms with van der Waals surface area (Å²) < 4.78 is 28.7. The lowest BCUT2D eigenvalue weighted by molar-refractivity contribution is -0.141. The molecule has 4 amide bonds. The number of primary amides is 1. The number of H-pyrrole nitrogens is 1. The number of fused-ring (bicyclic) bond motifs is 3. The van der Waals surface area contributed by atoms with Crippen LogP contribution in [0.1, 0.15) is 52.9 Å². The summed E-state index contributed by atoms with van der Waals surface area (Å²) in [5.41, 5.74) is 8.07. The molecule has 3 aliphatic rings. The molecule has 3 aromatic carbocycles. The van der Waals surface area contributed by atoms with E-state index in [2.05, 4.69) is 10.3 Å². The van der Waals surface area contributed by atoms with Crippen molar-refractivity contribution in [2.45, 2.75) is 56.0 Å². The average Bonchev–Trinajstić information content (AvgIpc) is 3.72. The normalized spacial score (nSPS) is 23.0. The van der Waals surface area contributed by atoms with Gasteiger partial charge in [0, 0.05) is 36.7 Å². The Morgan fingerprint density at radius 3 is 2.57 bits per heavy atom. The molecule has 3 aliphatic heterocycles. The molecule has 4 bridgehead atoms. The minimum Gasteiger partial charge on any atom is -0.368 e. The molecule has 46 heavy (non-hydrogen) atoms. The SMILES string of the molecule is NC(=O)[C@@H]1C[C@]23CN1C(=O)[C@H](Cc1ccccc1)N(C(=O)c1cc4c(F)cc(F)cc4[nH]1)CCCCCc1ccc(c2c1)NC3=O. The van der Waals surface area contributed by atoms with Gasteiger partial charge in [-0.05, 0) is 60.6 Å². The van der Waals surface area contributed by atoms with Gasteiger partial charge in [-0.15, -0.1) is 0 Å². The smallest absolute Gasteiger partial charge is 0.270 e. The van der Waals surface area contributed by atoms with Gasteiger partial charge in [0.1, 0.15) is 29.4 Å². The van der Waals surface area contributed by atoms with Gasteiger partial charge in [-0.1, -0.05) is 48.9 Å². The Morgan fingerprint density at radius 2 is 1.78 bits per heavy atom. The molecule has 4 N–H and O–H groups in total. The number of nitrogens with two attached hydrogens (primary N) is 1. The van der Waals surface area contributed by atoms with Crippen LogP contribution in [0.25, 0.3) is 10.9 Å². The summed E-state index contributed by atoms with van der Waals surface area (Å²) >= 11 is 0. The van der Waals surface area contributed by atoms with Gasteiger partial charge in [-0.2, -0.15) is 0 Å². The molecule has 4 heterocycles.